The standard InChI is InChI=1S/C17H26N2O3/c1-13(5-6-14-7-9-15(21-2)10-8-14)19-17(20)18-12-16-4-3-11-22-16/h7-10,13,16H,3-6,11-12H2,1-2H3,(H2,18,19,20)/t13-,16-/m1/s1. The molecule has 2 atom stereocenters. The van der Waals surface area contributed by atoms with E-state index in [1.807, 2.05) is 19.1 Å². The highest BCUT2D eigenvalue weighted by molar-refractivity contribution is 5.74. The Kier molecular flexibility index (Phi) is 6.52. The number of amides is 2. The molecule has 0 saturated carbocycles. The van der Waals surface area contributed by atoms with Gasteiger partial charge in [-0.2, -0.15) is 0 Å². The zero-order chi connectivity index (χ0) is 15.8. The van der Waals surface area contributed by atoms with Gasteiger partial charge in [0, 0.05) is 19.2 Å². The molecule has 0 unspecified atom stereocenters. The number of ether oxygens (including phenoxy) is 2. The molecule has 0 bridgehead atoms. The summed E-state index contributed by atoms with van der Waals surface area (Å²) in [5, 5.41) is 5.84. The highest BCUT2D eigenvalue weighted by atomic mass is 16.5. The highest BCUT2D eigenvalue weighted by Gasteiger charge is 2.16. The van der Waals surface area contributed by atoms with Crippen LogP contribution in [0.25, 0.3) is 0 Å². The van der Waals surface area contributed by atoms with Crippen LogP contribution in [0.4, 0.5) is 4.79 Å². The van der Waals surface area contributed by atoms with E-state index in [0.29, 0.717) is 6.54 Å². The number of methoxy groups -OCH3 is 1. The number of carbonyl (C=O) groups excluding carboxylic acids is 1. The van der Waals surface area contributed by atoms with E-state index in [1.165, 1.54) is 5.56 Å². The van der Waals surface area contributed by atoms with Crippen molar-refractivity contribution in [1.82, 2.24) is 10.6 Å². The first-order valence-corrected chi connectivity index (χ1v) is 7.96. The van der Waals surface area contributed by atoms with Gasteiger partial charge in [0.15, 0.2) is 0 Å². The van der Waals surface area contributed by atoms with E-state index in [4.69, 9.17) is 9.47 Å². The lowest BCUT2D eigenvalue weighted by molar-refractivity contribution is 0.111. The zero-order valence-corrected chi connectivity index (χ0v) is 13.4. The molecule has 1 fully saturated rings. The molecule has 0 aromatic heterocycles. The number of rotatable bonds is 7. The van der Waals surface area contributed by atoms with Gasteiger partial charge in [-0.15, -0.1) is 0 Å². The summed E-state index contributed by atoms with van der Waals surface area (Å²) in [7, 11) is 1.66. The van der Waals surface area contributed by atoms with Crippen molar-refractivity contribution in [2.75, 3.05) is 20.3 Å². The van der Waals surface area contributed by atoms with Gasteiger partial charge in [-0.25, -0.2) is 4.79 Å². The first-order chi connectivity index (χ1) is 10.7. The Bertz CT molecular complexity index is 455. The summed E-state index contributed by atoms with van der Waals surface area (Å²) in [6, 6.07) is 8.06. The molecular formula is C17H26N2O3. The van der Waals surface area contributed by atoms with Crippen LogP contribution in [0.15, 0.2) is 24.3 Å². The van der Waals surface area contributed by atoms with Crippen LogP contribution in [0.1, 0.15) is 31.7 Å². The van der Waals surface area contributed by atoms with Crippen LogP contribution in [0.3, 0.4) is 0 Å². The van der Waals surface area contributed by atoms with Gasteiger partial charge in [0.25, 0.3) is 0 Å². The molecule has 1 aromatic rings. The second-order valence-electron chi connectivity index (χ2n) is 5.78. The number of benzene rings is 1. The van der Waals surface area contributed by atoms with Crippen molar-refractivity contribution in [3.63, 3.8) is 0 Å². The van der Waals surface area contributed by atoms with Crippen LogP contribution < -0.4 is 15.4 Å². The molecule has 5 nitrogen and oxygen atoms in total. The molecule has 1 saturated heterocycles. The molecule has 1 heterocycles. The third kappa shape index (κ3) is 5.56. The molecule has 0 spiro atoms. The minimum Gasteiger partial charge on any atom is -0.497 e. The maximum absolute atomic E-state index is 11.8. The van der Waals surface area contributed by atoms with Gasteiger partial charge >= 0.3 is 6.03 Å². The highest BCUT2D eigenvalue weighted by Crippen LogP contribution is 2.13. The summed E-state index contributed by atoms with van der Waals surface area (Å²) in [5.74, 6) is 0.864. The van der Waals surface area contributed by atoms with Crippen LogP contribution >= 0.6 is 0 Å². The second-order valence-corrected chi connectivity index (χ2v) is 5.78. The van der Waals surface area contributed by atoms with Crippen molar-refractivity contribution in [3.05, 3.63) is 29.8 Å². The SMILES string of the molecule is COc1ccc(CC[C@@H](C)NC(=O)NC[C@H]2CCCO2)cc1. The van der Waals surface area contributed by atoms with Gasteiger partial charge in [-0.3, -0.25) is 0 Å². The Hall–Kier alpha value is -1.75. The van der Waals surface area contributed by atoms with E-state index in [9.17, 15) is 4.79 Å². The molecule has 2 N–H and O–H groups in total. The quantitative estimate of drug-likeness (QED) is 0.813. The molecule has 1 aromatic carbocycles. The molecule has 2 amide bonds. The van der Waals surface area contributed by atoms with Crippen molar-refractivity contribution < 1.29 is 14.3 Å². The first kappa shape index (κ1) is 16.6. The molecule has 2 rings (SSSR count). The first-order valence-electron chi connectivity index (χ1n) is 7.96. The monoisotopic (exact) mass is 306 g/mol. The number of nitrogens with one attached hydrogen (secondary N) is 2. The van der Waals surface area contributed by atoms with Crippen LogP contribution in [0, 0.1) is 0 Å². The van der Waals surface area contributed by atoms with Gasteiger partial charge in [-0.05, 0) is 50.3 Å². The summed E-state index contributed by atoms with van der Waals surface area (Å²) in [6.07, 6.45) is 4.14. The van der Waals surface area contributed by atoms with Crippen LogP contribution in [0.2, 0.25) is 0 Å². The lowest BCUT2D eigenvalue weighted by atomic mass is 10.1. The molecule has 0 radical (unpaired) electrons. The van der Waals surface area contributed by atoms with Crippen LogP contribution in [-0.2, 0) is 11.2 Å². The average molecular weight is 306 g/mol. The van der Waals surface area contributed by atoms with Crippen molar-refractivity contribution >= 4 is 6.03 Å². The fourth-order valence-electron chi connectivity index (χ4n) is 2.53. The zero-order valence-electron chi connectivity index (χ0n) is 13.4. The lowest BCUT2D eigenvalue weighted by Gasteiger charge is -2.16. The average Bonchev–Trinajstić information content (AvgIpc) is 3.05. The summed E-state index contributed by atoms with van der Waals surface area (Å²) in [6.45, 7) is 3.43. The van der Waals surface area contributed by atoms with E-state index in [-0.39, 0.29) is 18.2 Å². The normalized spacial score (nSPS) is 18.7. The van der Waals surface area contributed by atoms with Crippen molar-refractivity contribution in [2.24, 2.45) is 0 Å². The van der Waals surface area contributed by atoms with E-state index >= 15 is 0 Å². The fraction of sp³-hybridized carbons (Fsp3) is 0.588. The Morgan fingerprint density at radius 2 is 2.18 bits per heavy atom. The summed E-state index contributed by atoms with van der Waals surface area (Å²) in [5.41, 5.74) is 1.24. The van der Waals surface area contributed by atoms with Crippen molar-refractivity contribution in [3.8, 4) is 5.75 Å². The fourth-order valence-corrected chi connectivity index (χ4v) is 2.53. The van der Waals surface area contributed by atoms with Crippen molar-refractivity contribution in [2.45, 2.75) is 44.8 Å². The molecule has 1 aliphatic heterocycles. The molecular weight excluding hydrogens is 280 g/mol. The lowest BCUT2D eigenvalue weighted by Crippen LogP contribution is -2.43. The maximum Gasteiger partial charge on any atom is 0.315 e. The van der Waals surface area contributed by atoms with E-state index in [1.54, 1.807) is 7.11 Å². The van der Waals surface area contributed by atoms with Gasteiger partial charge in [0.2, 0.25) is 0 Å². The van der Waals surface area contributed by atoms with Crippen molar-refractivity contribution in [1.29, 1.82) is 0 Å². The second kappa shape index (κ2) is 8.63. The molecule has 5 heteroatoms. The minimum absolute atomic E-state index is 0.113. The minimum atomic E-state index is -0.113. The number of hydrogen-bond acceptors (Lipinski definition) is 3. The Morgan fingerprint density at radius 1 is 1.41 bits per heavy atom. The van der Waals surface area contributed by atoms with Gasteiger partial charge < -0.3 is 20.1 Å². The Balaban J connectivity index is 1.63. The molecule has 0 aliphatic carbocycles. The number of urea groups is 1. The van der Waals surface area contributed by atoms with Crippen LogP contribution in [-0.4, -0.2) is 38.4 Å². The van der Waals surface area contributed by atoms with Gasteiger partial charge in [0.05, 0.1) is 13.2 Å². The maximum atomic E-state index is 11.8. The smallest absolute Gasteiger partial charge is 0.315 e. The Labute approximate surface area is 132 Å². The largest absolute Gasteiger partial charge is 0.497 e. The third-order valence-corrected chi connectivity index (χ3v) is 3.92. The third-order valence-electron chi connectivity index (χ3n) is 3.92. The Morgan fingerprint density at radius 3 is 2.82 bits per heavy atom. The predicted octanol–water partition coefficient (Wildman–Crippen LogP) is 2.49. The van der Waals surface area contributed by atoms with Gasteiger partial charge in [-0.1, -0.05) is 12.1 Å². The van der Waals surface area contributed by atoms with Crippen LogP contribution in [0.5, 0.6) is 5.75 Å². The summed E-state index contributed by atoms with van der Waals surface area (Å²) in [4.78, 5) is 11.8. The molecule has 22 heavy (non-hydrogen) atoms. The number of carbonyl (C=O) groups is 1. The molecule has 1 aliphatic rings. The molecule has 122 valence electrons. The topological polar surface area (TPSA) is 59.6 Å². The predicted molar refractivity (Wildman–Crippen MR) is 86.3 cm³/mol. The van der Waals surface area contributed by atoms with E-state index in [0.717, 1.165) is 38.0 Å². The number of aryl methyl sites for hydroxylation is 1. The van der Waals surface area contributed by atoms with E-state index < -0.39 is 0 Å². The van der Waals surface area contributed by atoms with Gasteiger partial charge in [0.1, 0.15) is 5.75 Å². The summed E-state index contributed by atoms with van der Waals surface area (Å²) < 4.78 is 10.6. The van der Waals surface area contributed by atoms with E-state index in [2.05, 4.69) is 22.8 Å². The number of hydrogen-bond donors (Lipinski definition) is 2. The summed E-state index contributed by atoms with van der Waals surface area (Å²) >= 11 is 0.